The second kappa shape index (κ2) is 3.75. The van der Waals surface area contributed by atoms with E-state index in [0.717, 1.165) is 5.75 Å². The molecule has 0 saturated heterocycles. The summed E-state index contributed by atoms with van der Waals surface area (Å²) in [5.74, 6) is 0.951. The summed E-state index contributed by atoms with van der Waals surface area (Å²) in [6.45, 7) is 0. The molecule has 0 aliphatic carbocycles. The molecule has 0 radical (unpaired) electrons. The zero-order valence-corrected chi connectivity index (χ0v) is 9.71. The van der Waals surface area contributed by atoms with Crippen LogP contribution in [0.15, 0.2) is 18.2 Å². The van der Waals surface area contributed by atoms with E-state index in [4.69, 9.17) is 4.74 Å². The monoisotopic (exact) mass is 360 g/mol. The minimum atomic E-state index is 0.951. The normalized spacial score (nSPS) is 9.50. The molecule has 0 saturated carbocycles. The van der Waals surface area contributed by atoms with E-state index in [-0.39, 0.29) is 0 Å². The third-order valence-corrected chi connectivity index (χ3v) is 4.18. The molecule has 0 atom stereocenters. The van der Waals surface area contributed by atoms with Gasteiger partial charge >= 0.3 is 0 Å². The van der Waals surface area contributed by atoms with Gasteiger partial charge in [0.25, 0.3) is 0 Å². The Balaban J connectivity index is 3.14. The van der Waals surface area contributed by atoms with Crippen molar-refractivity contribution in [2.45, 2.75) is 0 Å². The molecule has 0 aliphatic heterocycles. The Hall–Kier alpha value is 0.480. The second-order valence-electron chi connectivity index (χ2n) is 1.76. The number of hydrogen-bond acceptors (Lipinski definition) is 1. The molecule has 0 N–H and O–H groups in total. The highest BCUT2D eigenvalue weighted by Crippen LogP contribution is 2.24. The first kappa shape index (κ1) is 8.58. The molecule has 0 fully saturated rings. The van der Waals surface area contributed by atoms with E-state index in [1.54, 1.807) is 7.11 Å². The van der Waals surface area contributed by atoms with Gasteiger partial charge in [-0.25, -0.2) is 0 Å². The van der Waals surface area contributed by atoms with Gasteiger partial charge in [0.15, 0.2) is 0 Å². The SMILES string of the molecule is COc1cccc(I)c1I. The number of benzene rings is 1. The van der Waals surface area contributed by atoms with E-state index in [0.29, 0.717) is 0 Å². The maximum Gasteiger partial charge on any atom is 0.133 e. The van der Waals surface area contributed by atoms with Crippen LogP contribution in [0.3, 0.4) is 0 Å². The zero-order valence-electron chi connectivity index (χ0n) is 5.40. The molecule has 1 rings (SSSR count). The van der Waals surface area contributed by atoms with Crippen molar-refractivity contribution >= 4 is 45.2 Å². The molecule has 1 aromatic carbocycles. The number of ether oxygens (including phenoxy) is 1. The maximum absolute atomic E-state index is 5.11. The summed E-state index contributed by atoms with van der Waals surface area (Å²) in [6, 6.07) is 6.01. The number of hydrogen-bond donors (Lipinski definition) is 0. The van der Waals surface area contributed by atoms with E-state index in [2.05, 4.69) is 51.2 Å². The summed E-state index contributed by atoms with van der Waals surface area (Å²) in [5.41, 5.74) is 0. The van der Waals surface area contributed by atoms with Gasteiger partial charge in [-0.2, -0.15) is 0 Å². The van der Waals surface area contributed by atoms with Crippen LogP contribution < -0.4 is 4.74 Å². The molecule has 3 heteroatoms. The summed E-state index contributed by atoms with van der Waals surface area (Å²) < 4.78 is 7.53. The Morgan fingerprint density at radius 2 is 2.00 bits per heavy atom. The van der Waals surface area contributed by atoms with Gasteiger partial charge in [-0.1, -0.05) is 6.07 Å². The predicted octanol–water partition coefficient (Wildman–Crippen LogP) is 2.90. The lowest BCUT2D eigenvalue weighted by Crippen LogP contribution is -1.87. The summed E-state index contributed by atoms with van der Waals surface area (Å²) in [6.07, 6.45) is 0. The van der Waals surface area contributed by atoms with Crippen LogP contribution in [0, 0.1) is 7.14 Å². The van der Waals surface area contributed by atoms with Crippen molar-refractivity contribution in [3.8, 4) is 5.75 Å². The minimum Gasteiger partial charge on any atom is -0.496 e. The smallest absolute Gasteiger partial charge is 0.133 e. The largest absolute Gasteiger partial charge is 0.496 e. The first-order valence-corrected chi connectivity index (χ1v) is 4.89. The summed E-state index contributed by atoms with van der Waals surface area (Å²) in [5, 5.41) is 0. The highest BCUT2D eigenvalue weighted by atomic mass is 127. The molecule has 0 aliphatic rings. The van der Waals surface area contributed by atoms with E-state index >= 15 is 0 Å². The van der Waals surface area contributed by atoms with E-state index in [9.17, 15) is 0 Å². The molecule has 0 amide bonds. The van der Waals surface area contributed by atoms with Crippen molar-refractivity contribution < 1.29 is 4.74 Å². The first-order valence-electron chi connectivity index (χ1n) is 2.73. The van der Waals surface area contributed by atoms with Crippen LogP contribution in [0.5, 0.6) is 5.75 Å². The van der Waals surface area contributed by atoms with Gasteiger partial charge in [0.2, 0.25) is 0 Å². The zero-order chi connectivity index (χ0) is 7.56. The summed E-state index contributed by atoms with van der Waals surface area (Å²) in [7, 11) is 1.69. The maximum atomic E-state index is 5.11. The Morgan fingerprint density at radius 3 is 2.50 bits per heavy atom. The minimum absolute atomic E-state index is 0.951. The lowest BCUT2D eigenvalue weighted by molar-refractivity contribution is 0.411. The second-order valence-corrected chi connectivity index (χ2v) is 4.00. The quantitative estimate of drug-likeness (QED) is 0.700. The van der Waals surface area contributed by atoms with Crippen LogP contribution in [-0.2, 0) is 0 Å². The molecule has 0 bridgehead atoms. The van der Waals surface area contributed by atoms with Crippen molar-refractivity contribution in [3.63, 3.8) is 0 Å². The third-order valence-electron chi connectivity index (χ3n) is 1.14. The Kier molecular flexibility index (Phi) is 3.22. The summed E-state index contributed by atoms with van der Waals surface area (Å²) >= 11 is 4.56. The summed E-state index contributed by atoms with van der Waals surface area (Å²) in [4.78, 5) is 0. The lowest BCUT2D eigenvalue weighted by atomic mass is 10.3. The molecule has 10 heavy (non-hydrogen) atoms. The van der Waals surface area contributed by atoms with Crippen LogP contribution in [0.25, 0.3) is 0 Å². The fourth-order valence-electron chi connectivity index (χ4n) is 0.642. The van der Waals surface area contributed by atoms with Gasteiger partial charge in [-0.05, 0) is 57.3 Å². The number of halogens is 2. The molecule has 1 nitrogen and oxygen atoms in total. The van der Waals surface area contributed by atoms with Gasteiger partial charge < -0.3 is 4.74 Å². The highest BCUT2D eigenvalue weighted by Gasteiger charge is 2.00. The average molecular weight is 360 g/mol. The van der Waals surface area contributed by atoms with Crippen LogP contribution in [0.2, 0.25) is 0 Å². The predicted molar refractivity (Wildman–Crippen MR) is 58.4 cm³/mol. The van der Waals surface area contributed by atoms with Gasteiger partial charge in [0.1, 0.15) is 5.75 Å². The average Bonchev–Trinajstić information content (AvgIpc) is 1.95. The fourth-order valence-corrected chi connectivity index (χ4v) is 1.69. The topological polar surface area (TPSA) is 9.23 Å². The Bertz CT molecular complexity index is 235. The highest BCUT2D eigenvalue weighted by molar-refractivity contribution is 14.1. The lowest BCUT2D eigenvalue weighted by Gasteiger charge is -2.02. The Morgan fingerprint density at radius 1 is 1.30 bits per heavy atom. The van der Waals surface area contributed by atoms with Crippen LogP contribution in [0.4, 0.5) is 0 Å². The third kappa shape index (κ3) is 1.75. The van der Waals surface area contributed by atoms with Crippen molar-refractivity contribution in [3.05, 3.63) is 25.3 Å². The van der Waals surface area contributed by atoms with Gasteiger partial charge in [-0.3, -0.25) is 0 Å². The first-order chi connectivity index (χ1) is 4.75. The molecule has 0 aromatic heterocycles. The molecule has 0 spiro atoms. The molecule has 0 heterocycles. The van der Waals surface area contributed by atoms with E-state index in [1.165, 1.54) is 7.14 Å². The molecule has 0 unspecified atom stereocenters. The molecule has 54 valence electrons. The standard InChI is InChI=1S/C7H6I2O/c1-10-6-4-2-3-5(8)7(6)9/h2-4H,1H3. The van der Waals surface area contributed by atoms with Crippen molar-refractivity contribution in [1.82, 2.24) is 0 Å². The fraction of sp³-hybridized carbons (Fsp3) is 0.143. The van der Waals surface area contributed by atoms with Crippen LogP contribution in [-0.4, -0.2) is 7.11 Å². The Labute approximate surface area is 87.4 Å². The molecular formula is C7H6I2O. The van der Waals surface area contributed by atoms with Gasteiger partial charge in [0.05, 0.1) is 10.7 Å². The molecular weight excluding hydrogens is 354 g/mol. The van der Waals surface area contributed by atoms with Gasteiger partial charge in [-0.15, -0.1) is 0 Å². The van der Waals surface area contributed by atoms with Crippen molar-refractivity contribution in [2.75, 3.05) is 7.11 Å². The van der Waals surface area contributed by atoms with E-state index in [1.807, 2.05) is 12.1 Å². The molecule has 1 aromatic rings. The number of methoxy groups -OCH3 is 1. The van der Waals surface area contributed by atoms with Crippen molar-refractivity contribution in [1.29, 1.82) is 0 Å². The van der Waals surface area contributed by atoms with Gasteiger partial charge in [0, 0.05) is 3.57 Å². The van der Waals surface area contributed by atoms with Crippen LogP contribution >= 0.6 is 45.2 Å². The van der Waals surface area contributed by atoms with Crippen LogP contribution in [0.1, 0.15) is 0 Å². The number of rotatable bonds is 1. The van der Waals surface area contributed by atoms with E-state index < -0.39 is 0 Å². The van der Waals surface area contributed by atoms with Crippen molar-refractivity contribution in [2.24, 2.45) is 0 Å².